The minimum absolute atomic E-state index is 0.0786. The SMILES string of the molecule is CC(Br)Oc1ccccc1. The summed E-state index contributed by atoms with van der Waals surface area (Å²) in [5.41, 5.74) is 0. The summed E-state index contributed by atoms with van der Waals surface area (Å²) in [6, 6.07) is 9.72. The monoisotopic (exact) mass is 200 g/mol. The first-order valence-electron chi connectivity index (χ1n) is 3.15. The van der Waals surface area contributed by atoms with E-state index in [9.17, 15) is 0 Å². The number of hydrogen-bond acceptors (Lipinski definition) is 1. The lowest BCUT2D eigenvalue weighted by atomic mass is 10.3. The molecular formula is C8H9BrO. The van der Waals surface area contributed by atoms with Gasteiger partial charge in [0.15, 0.2) is 5.01 Å². The molecule has 1 unspecified atom stereocenters. The molecule has 0 amide bonds. The van der Waals surface area contributed by atoms with E-state index in [0.717, 1.165) is 5.75 Å². The van der Waals surface area contributed by atoms with Gasteiger partial charge in [-0.05, 0) is 35.0 Å². The Hall–Kier alpha value is -0.500. The van der Waals surface area contributed by atoms with E-state index in [1.165, 1.54) is 0 Å². The third-order valence-corrected chi connectivity index (χ3v) is 1.23. The van der Waals surface area contributed by atoms with Crippen molar-refractivity contribution in [1.29, 1.82) is 0 Å². The third kappa shape index (κ3) is 2.40. The second-order valence-electron chi connectivity index (χ2n) is 1.97. The van der Waals surface area contributed by atoms with Crippen molar-refractivity contribution in [3.63, 3.8) is 0 Å². The van der Waals surface area contributed by atoms with Crippen molar-refractivity contribution in [1.82, 2.24) is 0 Å². The van der Waals surface area contributed by atoms with Gasteiger partial charge in [0, 0.05) is 0 Å². The predicted octanol–water partition coefficient (Wildman–Crippen LogP) is 2.81. The fourth-order valence-electron chi connectivity index (χ4n) is 0.687. The Morgan fingerprint density at radius 1 is 1.30 bits per heavy atom. The molecule has 0 aromatic heterocycles. The van der Waals surface area contributed by atoms with Crippen LogP contribution in [0.5, 0.6) is 5.75 Å². The maximum atomic E-state index is 5.33. The highest BCUT2D eigenvalue weighted by molar-refractivity contribution is 9.09. The van der Waals surface area contributed by atoms with Crippen LogP contribution in [0.1, 0.15) is 6.92 Å². The first-order valence-corrected chi connectivity index (χ1v) is 4.06. The zero-order valence-corrected chi connectivity index (χ0v) is 7.34. The maximum absolute atomic E-state index is 5.33. The van der Waals surface area contributed by atoms with Gasteiger partial charge in [0.05, 0.1) is 0 Å². The molecule has 0 spiro atoms. The summed E-state index contributed by atoms with van der Waals surface area (Å²) in [5.74, 6) is 0.895. The van der Waals surface area contributed by atoms with Gasteiger partial charge in [0.2, 0.25) is 0 Å². The Labute approximate surface area is 69.1 Å². The molecule has 0 radical (unpaired) electrons. The standard InChI is InChI=1S/C8H9BrO/c1-7(9)10-8-5-3-2-4-6-8/h2-7H,1H3. The van der Waals surface area contributed by atoms with Gasteiger partial charge >= 0.3 is 0 Å². The Morgan fingerprint density at radius 3 is 2.40 bits per heavy atom. The fourth-order valence-corrected chi connectivity index (χ4v) is 0.902. The molecule has 0 saturated carbocycles. The van der Waals surface area contributed by atoms with Gasteiger partial charge in [0.1, 0.15) is 5.75 Å². The van der Waals surface area contributed by atoms with Crippen LogP contribution in [0.2, 0.25) is 0 Å². The first kappa shape index (κ1) is 7.61. The van der Waals surface area contributed by atoms with Crippen LogP contribution in [0.4, 0.5) is 0 Å². The van der Waals surface area contributed by atoms with Gasteiger partial charge in [0.25, 0.3) is 0 Å². The van der Waals surface area contributed by atoms with Gasteiger partial charge in [-0.3, -0.25) is 0 Å². The largest absolute Gasteiger partial charge is 0.480 e. The van der Waals surface area contributed by atoms with E-state index in [1.807, 2.05) is 37.3 Å². The Balaban J connectivity index is 2.59. The highest BCUT2D eigenvalue weighted by Gasteiger charge is 1.94. The van der Waals surface area contributed by atoms with Crippen LogP contribution in [0, 0.1) is 0 Å². The maximum Gasteiger partial charge on any atom is 0.150 e. The van der Waals surface area contributed by atoms with Crippen molar-refractivity contribution >= 4 is 15.9 Å². The molecule has 54 valence electrons. The van der Waals surface area contributed by atoms with Crippen LogP contribution in [-0.2, 0) is 0 Å². The lowest BCUT2D eigenvalue weighted by molar-refractivity contribution is 0.314. The summed E-state index contributed by atoms with van der Waals surface area (Å²) in [5, 5.41) is 0.0786. The first-order chi connectivity index (χ1) is 4.79. The minimum Gasteiger partial charge on any atom is -0.480 e. The van der Waals surface area contributed by atoms with Crippen molar-refractivity contribution < 1.29 is 4.74 Å². The van der Waals surface area contributed by atoms with E-state index in [4.69, 9.17) is 4.74 Å². The molecule has 1 aromatic carbocycles. The van der Waals surface area contributed by atoms with Crippen LogP contribution < -0.4 is 4.74 Å². The Morgan fingerprint density at radius 2 is 1.90 bits per heavy atom. The summed E-state index contributed by atoms with van der Waals surface area (Å²) >= 11 is 3.29. The summed E-state index contributed by atoms with van der Waals surface area (Å²) < 4.78 is 5.33. The highest BCUT2D eigenvalue weighted by Crippen LogP contribution is 2.12. The van der Waals surface area contributed by atoms with E-state index < -0.39 is 0 Å². The molecule has 1 aromatic rings. The molecule has 1 nitrogen and oxygen atoms in total. The average Bonchev–Trinajstić information content (AvgIpc) is 1.88. The second kappa shape index (κ2) is 3.62. The number of hydrogen-bond donors (Lipinski definition) is 0. The van der Waals surface area contributed by atoms with Crippen LogP contribution in [0.25, 0.3) is 0 Å². The quantitative estimate of drug-likeness (QED) is 0.668. The Bertz CT molecular complexity index is 184. The molecule has 0 N–H and O–H groups in total. The average molecular weight is 201 g/mol. The topological polar surface area (TPSA) is 9.23 Å². The molecule has 1 atom stereocenters. The Kier molecular flexibility index (Phi) is 2.75. The molecule has 0 aliphatic heterocycles. The van der Waals surface area contributed by atoms with E-state index >= 15 is 0 Å². The molecule has 2 heteroatoms. The van der Waals surface area contributed by atoms with Crippen LogP contribution in [0.3, 0.4) is 0 Å². The lowest BCUT2D eigenvalue weighted by Gasteiger charge is -2.06. The van der Waals surface area contributed by atoms with Crippen molar-refractivity contribution in [3.8, 4) is 5.75 Å². The highest BCUT2D eigenvalue weighted by atomic mass is 79.9. The van der Waals surface area contributed by atoms with Gasteiger partial charge in [-0.1, -0.05) is 18.2 Å². The fraction of sp³-hybridized carbons (Fsp3) is 0.250. The number of ether oxygens (including phenoxy) is 1. The van der Waals surface area contributed by atoms with E-state index in [2.05, 4.69) is 15.9 Å². The van der Waals surface area contributed by atoms with E-state index in [0.29, 0.717) is 0 Å². The van der Waals surface area contributed by atoms with E-state index in [1.54, 1.807) is 0 Å². The van der Waals surface area contributed by atoms with Gasteiger partial charge < -0.3 is 4.74 Å². The lowest BCUT2D eigenvalue weighted by Crippen LogP contribution is -2.00. The molecular weight excluding hydrogens is 192 g/mol. The summed E-state index contributed by atoms with van der Waals surface area (Å²) in [6.07, 6.45) is 0. The van der Waals surface area contributed by atoms with E-state index in [-0.39, 0.29) is 5.01 Å². The predicted molar refractivity (Wildman–Crippen MR) is 45.5 cm³/mol. The van der Waals surface area contributed by atoms with Crippen LogP contribution in [-0.4, -0.2) is 5.01 Å². The molecule has 10 heavy (non-hydrogen) atoms. The number of rotatable bonds is 2. The molecule has 0 saturated heterocycles. The van der Waals surface area contributed by atoms with Gasteiger partial charge in [-0.15, -0.1) is 0 Å². The molecule has 1 rings (SSSR count). The molecule has 0 bridgehead atoms. The smallest absolute Gasteiger partial charge is 0.150 e. The molecule has 0 aliphatic carbocycles. The number of halogens is 1. The molecule has 0 heterocycles. The van der Waals surface area contributed by atoms with Crippen LogP contribution >= 0.6 is 15.9 Å². The second-order valence-corrected chi connectivity index (χ2v) is 3.26. The van der Waals surface area contributed by atoms with Crippen molar-refractivity contribution in [2.24, 2.45) is 0 Å². The van der Waals surface area contributed by atoms with Gasteiger partial charge in [-0.25, -0.2) is 0 Å². The third-order valence-electron chi connectivity index (χ3n) is 1.04. The zero-order chi connectivity index (χ0) is 7.40. The summed E-state index contributed by atoms with van der Waals surface area (Å²) in [6.45, 7) is 1.94. The number of benzene rings is 1. The molecule has 0 aliphatic rings. The van der Waals surface area contributed by atoms with Crippen molar-refractivity contribution in [3.05, 3.63) is 30.3 Å². The summed E-state index contributed by atoms with van der Waals surface area (Å²) in [4.78, 5) is 0. The zero-order valence-electron chi connectivity index (χ0n) is 5.75. The van der Waals surface area contributed by atoms with Crippen LogP contribution in [0.15, 0.2) is 30.3 Å². The normalized spacial score (nSPS) is 12.6. The summed E-state index contributed by atoms with van der Waals surface area (Å²) in [7, 11) is 0. The minimum atomic E-state index is 0.0786. The van der Waals surface area contributed by atoms with Crippen molar-refractivity contribution in [2.75, 3.05) is 0 Å². The number of para-hydroxylation sites is 1. The number of alkyl halides is 1. The van der Waals surface area contributed by atoms with Gasteiger partial charge in [-0.2, -0.15) is 0 Å². The van der Waals surface area contributed by atoms with Crippen molar-refractivity contribution in [2.45, 2.75) is 11.9 Å². The molecule has 0 fully saturated rings.